The Labute approximate surface area is 43.2 Å². The highest BCUT2D eigenvalue weighted by atomic mass is 14.9. The molecule has 0 saturated heterocycles. The van der Waals surface area contributed by atoms with E-state index in [9.17, 15) is 0 Å². The first-order valence-electron chi connectivity index (χ1n) is 2.22. The molecule has 0 spiro atoms. The lowest BCUT2D eigenvalue weighted by atomic mass is 10.5. The van der Waals surface area contributed by atoms with Gasteiger partial charge in [-0.05, 0) is 6.07 Å². The van der Waals surface area contributed by atoms with Gasteiger partial charge in [0.25, 0.3) is 6.20 Å². The molecule has 0 aromatic carbocycles. The normalized spacial score (nSPS) is 8.71. The lowest BCUT2D eigenvalue weighted by Gasteiger charge is -1.75. The van der Waals surface area contributed by atoms with Crippen molar-refractivity contribution in [1.29, 1.82) is 0 Å². The van der Waals surface area contributed by atoms with Crippen LogP contribution in [-0.2, 0) is 7.05 Å². The second-order valence-corrected chi connectivity index (χ2v) is 1.44. The Morgan fingerprint density at radius 3 is 2.57 bits per heavy atom. The molecule has 0 amide bonds. The summed E-state index contributed by atoms with van der Waals surface area (Å²) in [6.45, 7) is 0. The summed E-state index contributed by atoms with van der Waals surface area (Å²) in [4.78, 5) is 0. The van der Waals surface area contributed by atoms with Crippen molar-refractivity contribution in [1.82, 2.24) is 0 Å². The first-order chi connectivity index (χ1) is 3.39. The van der Waals surface area contributed by atoms with Crippen LogP contribution in [0.15, 0.2) is 24.4 Å². The molecule has 1 nitrogen and oxygen atoms in total. The van der Waals surface area contributed by atoms with Gasteiger partial charge >= 0.3 is 0 Å². The van der Waals surface area contributed by atoms with Gasteiger partial charge < -0.3 is 0 Å². The molecule has 0 N–H and O–H groups in total. The number of pyridine rings is 1. The van der Waals surface area contributed by atoms with Gasteiger partial charge in [0.05, 0.1) is 0 Å². The summed E-state index contributed by atoms with van der Waals surface area (Å²) < 4.78 is 1.88. The van der Waals surface area contributed by atoms with Gasteiger partial charge in [0.2, 0.25) is 0 Å². The highest BCUT2D eigenvalue weighted by molar-refractivity contribution is 4.82. The Bertz CT molecular complexity index is 134. The molecule has 0 aliphatic rings. The molecule has 35 valence electrons. The lowest BCUT2D eigenvalue weighted by Crippen LogP contribution is -2.25. The molecule has 1 radical (unpaired) electrons. The smallest absolute Gasteiger partial charge is 0.196 e. The summed E-state index contributed by atoms with van der Waals surface area (Å²) in [6, 6.07) is 5.79. The summed E-state index contributed by atoms with van der Waals surface area (Å²) >= 11 is 0. The van der Waals surface area contributed by atoms with Crippen molar-refractivity contribution < 1.29 is 4.57 Å². The summed E-state index contributed by atoms with van der Waals surface area (Å²) in [5.74, 6) is 0. The summed E-state index contributed by atoms with van der Waals surface area (Å²) in [5, 5.41) is 0. The Morgan fingerprint density at radius 1 is 1.43 bits per heavy atom. The predicted molar refractivity (Wildman–Crippen MR) is 26.5 cm³/mol. The summed E-state index contributed by atoms with van der Waals surface area (Å²) in [7, 11) is 1.94. The first-order valence-corrected chi connectivity index (χ1v) is 2.22. The van der Waals surface area contributed by atoms with E-state index in [0.29, 0.717) is 0 Å². The monoisotopic (exact) mass is 93.1 g/mol. The SMILES string of the molecule is C[n+]1[c]cccc1. The fourth-order valence-corrected chi connectivity index (χ4v) is 0.438. The van der Waals surface area contributed by atoms with Crippen LogP contribution in [0, 0.1) is 6.20 Å². The minimum Gasteiger partial charge on any atom is -0.196 e. The van der Waals surface area contributed by atoms with Crippen molar-refractivity contribution >= 4 is 0 Å². The zero-order chi connectivity index (χ0) is 5.11. The van der Waals surface area contributed by atoms with Crippen molar-refractivity contribution in [2.24, 2.45) is 7.05 Å². The molecule has 1 rings (SSSR count). The highest BCUT2D eigenvalue weighted by Crippen LogP contribution is 1.70. The largest absolute Gasteiger partial charge is 0.277 e. The molecule has 1 aromatic rings. The van der Waals surface area contributed by atoms with Gasteiger partial charge in [0.15, 0.2) is 6.20 Å². The first kappa shape index (κ1) is 4.31. The zero-order valence-corrected chi connectivity index (χ0v) is 4.26. The van der Waals surface area contributed by atoms with E-state index in [0.717, 1.165) is 0 Å². The maximum atomic E-state index is 2.95. The molecule has 0 bridgehead atoms. The van der Waals surface area contributed by atoms with E-state index in [4.69, 9.17) is 0 Å². The van der Waals surface area contributed by atoms with Crippen molar-refractivity contribution in [3.8, 4) is 0 Å². The van der Waals surface area contributed by atoms with Crippen LogP contribution in [0.2, 0.25) is 0 Å². The topological polar surface area (TPSA) is 3.88 Å². The van der Waals surface area contributed by atoms with Gasteiger partial charge in [0.1, 0.15) is 7.05 Å². The summed E-state index contributed by atoms with van der Waals surface area (Å²) in [6.07, 6.45) is 4.89. The molecule has 0 unspecified atom stereocenters. The minimum atomic E-state index is 1.88. The molecular formula is C6H7N+. The molecule has 0 atom stereocenters. The maximum absolute atomic E-state index is 2.95. The molecule has 7 heavy (non-hydrogen) atoms. The van der Waals surface area contributed by atoms with E-state index in [-0.39, 0.29) is 0 Å². The number of hydrogen-bond donors (Lipinski definition) is 0. The predicted octanol–water partition coefficient (Wildman–Crippen LogP) is 0.311. The molecule has 1 heteroatoms. The Morgan fingerprint density at radius 2 is 2.29 bits per heavy atom. The van der Waals surface area contributed by atoms with Gasteiger partial charge in [-0.25, -0.2) is 0 Å². The second-order valence-electron chi connectivity index (χ2n) is 1.44. The minimum absolute atomic E-state index is 1.88. The zero-order valence-electron chi connectivity index (χ0n) is 4.26. The molecule has 0 aliphatic carbocycles. The van der Waals surface area contributed by atoms with E-state index in [2.05, 4.69) is 6.20 Å². The van der Waals surface area contributed by atoms with E-state index < -0.39 is 0 Å². The molecular weight excluding hydrogens is 86.1 g/mol. The van der Waals surface area contributed by atoms with Crippen LogP contribution in [0.1, 0.15) is 0 Å². The molecule has 1 aromatic heterocycles. The molecule has 0 fully saturated rings. The van der Waals surface area contributed by atoms with Crippen LogP contribution in [0.25, 0.3) is 0 Å². The van der Waals surface area contributed by atoms with Gasteiger partial charge in [0, 0.05) is 12.1 Å². The third-order valence-corrected chi connectivity index (χ3v) is 0.795. The Balaban J connectivity index is 3.02. The fraction of sp³-hybridized carbons (Fsp3) is 0.167. The Hall–Kier alpha value is -0.850. The van der Waals surface area contributed by atoms with Gasteiger partial charge in [-0.1, -0.05) is 0 Å². The van der Waals surface area contributed by atoms with Gasteiger partial charge in [-0.3, -0.25) is 0 Å². The average molecular weight is 93.1 g/mol. The maximum Gasteiger partial charge on any atom is 0.277 e. The van der Waals surface area contributed by atoms with Crippen LogP contribution < -0.4 is 4.57 Å². The van der Waals surface area contributed by atoms with Gasteiger partial charge in [-0.2, -0.15) is 4.57 Å². The van der Waals surface area contributed by atoms with Crippen molar-refractivity contribution in [2.75, 3.05) is 0 Å². The number of nitrogens with zero attached hydrogens (tertiary/aromatic N) is 1. The standard InChI is InChI=1S/C6H7N/c1-7-5-3-2-4-6-7/h2-5H,1H3/q+1. The van der Waals surface area contributed by atoms with E-state index in [1.54, 1.807) is 0 Å². The van der Waals surface area contributed by atoms with Crippen LogP contribution in [0.3, 0.4) is 0 Å². The Kier molecular flexibility index (Phi) is 1.07. The van der Waals surface area contributed by atoms with Crippen LogP contribution >= 0.6 is 0 Å². The van der Waals surface area contributed by atoms with Gasteiger partial charge in [-0.15, -0.1) is 0 Å². The second kappa shape index (κ2) is 1.73. The quantitative estimate of drug-likeness (QED) is 0.406. The molecule has 0 aliphatic heterocycles. The number of rotatable bonds is 0. The third-order valence-electron chi connectivity index (χ3n) is 0.795. The third kappa shape index (κ3) is 1.000. The number of aryl methyl sites for hydroxylation is 1. The number of aromatic nitrogens is 1. The van der Waals surface area contributed by atoms with Crippen molar-refractivity contribution in [3.63, 3.8) is 0 Å². The van der Waals surface area contributed by atoms with Crippen molar-refractivity contribution in [3.05, 3.63) is 30.6 Å². The number of hydrogen-bond acceptors (Lipinski definition) is 0. The summed E-state index contributed by atoms with van der Waals surface area (Å²) in [5.41, 5.74) is 0. The average Bonchev–Trinajstić information content (AvgIpc) is 1.69. The van der Waals surface area contributed by atoms with E-state index >= 15 is 0 Å². The van der Waals surface area contributed by atoms with Crippen LogP contribution in [0.5, 0.6) is 0 Å². The molecule has 0 saturated carbocycles. The van der Waals surface area contributed by atoms with Crippen LogP contribution in [0.4, 0.5) is 0 Å². The highest BCUT2D eigenvalue weighted by Gasteiger charge is 1.81. The van der Waals surface area contributed by atoms with E-state index in [1.165, 1.54) is 0 Å². The van der Waals surface area contributed by atoms with Crippen LogP contribution in [-0.4, -0.2) is 0 Å². The lowest BCUT2D eigenvalue weighted by molar-refractivity contribution is -0.675. The fourth-order valence-electron chi connectivity index (χ4n) is 0.438. The van der Waals surface area contributed by atoms with E-state index in [1.807, 2.05) is 36.0 Å². The van der Waals surface area contributed by atoms with Crippen molar-refractivity contribution in [2.45, 2.75) is 0 Å². The molecule has 1 heterocycles.